The second-order valence-electron chi connectivity index (χ2n) is 6.30. The predicted molar refractivity (Wildman–Crippen MR) is 81.4 cm³/mol. The molecule has 2 bridgehead atoms. The van der Waals surface area contributed by atoms with Gasteiger partial charge in [-0.2, -0.15) is 0 Å². The molecule has 3 unspecified atom stereocenters. The molecule has 1 saturated heterocycles. The summed E-state index contributed by atoms with van der Waals surface area (Å²) in [6.07, 6.45) is 3.64. The Hall–Kier alpha value is -1.10. The molecule has 2 fully saturated rings. The fourth-order valence-electron chi connectivity index (χ4n) is 3.61. The SMILES string of the molecule is COc1ccc(COCC(O)CN2CC3CCC2C3)cc1. The number of aliphatic hydroxyl groups is 1. The second-order valence-corrected chi connectivity index (χ2v) is 6.30. The smallest absolute Gasteiger partial charge is 0.118 e. The first-order chi connectivity index (χ1) is 10.2. The van der Waals surface area contributed by atoms with E-state index >= 15 is 0 Å². The Labute approximate surface area is 126 Å². The van der Waals surface area contributed by atoms with Crippen LogP contribution in [-0.2, 0) is 11.3 Å². The average Bonchev–Trinajstić information content (AvgIpc) is 3.10. The lowest BCUT2D eigenvalue weighted by molar-refractivity contribution is 0.00493. The minimum absolute atomic E-state index is 0.386. The molecule has 0 amide bonds. The Kier molecular flexibility index (Phi) is 4.78. The third kappa shape index (κ3) is 3.76. The number of likely N-dealkylation sites (tertiary alicyclic amines) is 1. The fourth-order valence-corrected chi connectivity index (χ4v) is 3.61. The summed E-state index contributed by atoms with van der Waals surface area (Å²) in [4.78, 5) is 2.44. The number of β-amino-alcohol motifs (C(OH)–C–C–N with tert-alkyl or cyclic N) is 1. The summed E-state index contributed by atoms with van der Waals surface area (Å²) in [5.41, 5.74) is 1.10. The normalized spacial score (nSPS) is 26.2. The molecule has 0 radical (unpaired) electrons. The number of benzene rings is 1. The van der Waals surface area contributed by atoms with Gasteiger partial charge < -0.3 is 14.6 Å². The van der Waals surface area contributed by atoms with Gasteiger partial charge in [0.15, 0.2) is 0 Å². The van der Waals surface area contributed by atoms with Gasteiger partial charge in [-0.05, 0) is 42.9 Å². The Morgan fingerprint density at radius 3 is 2.71 bits per heavy atom. The first-order valence-electron chi connectivity index (χ1n) is 7.87. The second kappa shape index (κ2) is 6.77. The van der Waals surface area contributed by atoms with Crippen LogP contribution in [0.4, 0.5) is 0 Å². The fraction of sp³-hybridized carbons (Fsp3) is 0.647. The zero-order chi connectivity index (χ0) is 14.7. The molecule has 1 aromatic rings. The van der Waals surface area contributed by atoms with Gasteiger partial charge in [-0.1, -0.05) is 12.1 Å². The van der Waals surface area contributed by atoms with E-state index in [1.165, 1.54) is 25.8 Å². The quantitative estimate of drug-likeness (QED) is 0.835. The summed E-state index contributed by atoms with van der Waals surface area (Å²) in [5.74, 6) is 1.73. The van der Waals surface area contributed by atoms with Gasteiger partial charge in [0, 0.05) is 19.1 Å². The van der Waals surface area contributed by atoms with E-state index in [0.29, 0.717) is 19.3 Å². The van der Waals surface area contributed by atoms with E-state index in [2.05, 4.69) is 4.90 Å². The highest BCUT2D eigenvalue weighted by Gasteiger charge is 2.38. The Morgan fingerprint density at radius 2 is 2.10 bits per heavy atom. The molecule has 1 N–H and O–H groups in total. The van der Waals surface area contributed by atoms with E-state index < -0.39 is 0 Å². The Bertz CT molecular complexity index is 448. The van der Waals surface area contributed by atoms with Crippen molar-refractivity contribution in [1.29, 1.82) is 0 Å². The van der Waals surface area contributed by atoms with E-state index in [0.717, 1.165) is 23.8 Å². The molecular weight excluding hydrogens is 266 g/mol. The van der Waals surface area contributed by atoms with E-state index in [1.807, 2.05) is 24.3 Å². The van der Waals surface area contributed by atoms with Crippen molar-refractivity contribution in [2.75, 3.05) is 26.8 Å². The minimum atomic E-state index is -0.386. The molecule has 1 saturated carbocycles. The van der Waals surface area contributed by atoms with E-state index in [9.17, 15) is 5.11 Å². The molecular formula is C17H25NO3. The van der Waals surface area contributed by atoms with Gasteiger partial charge >= 0.3 is 0 Å². The lowest BCUT2D eigenvalue weighted by atomic mass is 10.1. The number of fused-ring (bicyclic) bond motifs is 2. The maximum atomic E-state index is 10.1. The molecule has 21 heavy (non-hydrogen) atoms. The van der Waals surface area contributed by atoms with E-state index in [-0.39, 0.29) is 6.10 Å². The molecule has 4 heteroatoms. The van der Waals surface area contributed by atoms with E-state index in [4.69, 9.17) is 9.47 Å². The van der Waals surface area contributed by atoms with Crippen molar-refractivity contribution in [1.82, 2.24) is 4.90 Å². The van der Waals surface area contributed by atoms with Gasteiger partial charge in [-0.3, -0.25) is 4.90 Å². The number of rotatable bonds is 7. The first-order valence-corrected chi connectivity index (χ1v) is 7.87. The molecule has 1 aliphatic carbocycles. The van der Waals surface area contributed by atoms with Crippen LogP contribution < -0.4 is 4.74 Å². The Morgan fingerprint density at radius 1 is 1.29 bits per heavy atom. The average molecular weight is 291 g/mol. The van der Waals surface area contributed by atoms with Crippen molar-refractivity contribution in [2.24, 2.45) is 5.92 Å². The highest BCUT2D eigenvalue weighted by molar-refractivity contribution is 5.26. The Balaban J connectivity index is 1.36. The molecule has 3 atom stereocenters. The zero-order valence-electron chi connectivity index (χ0n) is 12.7. The van der Waals surface area contributed by atoms with Crippen molar-refractivity contribution in [2.45, 2.75) is 38.0 Å². The van der Waals surface area contributed by atoms with Crippen molar-refractivity contribution < 1.29 is 14.6 Å². The summed E-state index contributed by atoms with van der Waals surface area (Å²) >= 11 is 0. The first kappa shape index (κ1) is 14.8. The molecule has 0 aromatic heterocycles. The van der Waals surface area contributed by atoms with Crippen LogP contribution >= 0.6 is 0 Å². The molecule has 4 nitrogen and oxygen atoms in total. The van der Waals surface area contributed by atoms with Gasteiger partial charge in [0.1, 0.15) is 5.75 Å². The summed E-state index contributed by atoms with van der Waals surface area (Å²) in [6, 6.07) is 8.55. The number of ether oxygens (including phenoxy) is 2. The highest BCUT2D eigenvalue weighted by Crippen LogP contribution is 2.37. The third-order valence-electron chi connectivity index (χ3n) is 4.71. The number of piperidine rings is 1. The van der Waals surface area contributed by atoms with Gasteiger partial charge in [0.25, 0.3) is 0 Å². The molecule has 1 aliphatic heterocycles. The van der Waals surface area contributed by atoms with Crippen LogP contribution in [0, 0.1) is 5.92 Å². The maximum Gasteiger partial charge on any atom is 0.118 e. The summed E-state index contributed by atoms with van der Waals surface area (Å²) in [7, 11) is 1.66. The van der Waals surface area contributed by atoms with Crippen molar-refractivity contribution >= 4 is 0 Å². The third-order valence-corrected chi connectivity index (χ3v) is 4.71. The summed E-state index contributed by atoms with van der Waals surface area (Å²) in [6.45, 7) is 2.86. The van der Waals surface area contributed by atoms with Gasteiger partial charge in [0.2, 0.25) is 0 Å². The van der Waals surface area contributed by atoms with E-state index in [1.54, 1.807) is 7.11 Å². The molecule has 3 rings (SSSR count). The largest absolute Gasteiger partial charge is 0.497 e. The van der Waals surface area contributed by atoms with Gasteiger partial charge in [-0.25, -0.2) is 0 Å². The highest BCUT2D eigenvalue weighted by atomic mass is 16.5. The predicted octanol–water partition coefficient (Wildman–Crippen LogP) is 2.06. The molecule has 116 valence electrons. The number of nitrogens with zero attached hydrogens (tertiary/aromatic N) is 1. The monoisotopic (exact) mass is 291 g/mol. The lowest BCUT2D eigenvalue weighted by Crippen LogP contribution is -2.39. The van der Waals surface area contributed by atoms with Crippen LogP contribution in [0.5, 0.6) is 5.75 Å². The van der Waals surface area contributed by atoms with Crippen LogP contribution in [0.15, 0.2) is 24.3 Å². The summed E-state index contributed by atoms with van der Waals surface area (Å²) in [5, 5.41) is 10.1. The van der Waals surface area contributed by atoms with Crippen molar-refractivity contribution in [3.05, 3.63) is 29.8 Å². The van der Waals surface area contributed by atoms with Gasteiger partial charge in [-0.15, -0.1) is 0 Å². The van der Waals surface area contributed by atoms with Crippen LogP contribution in [0.25, 0.3) is 0 Å². The maximum absolute atomic E-state index is 10.1. The van der Waals surface area contributed by atoms with Crippen molar-refractivity contribution in [3.8, 4) is 5.75 Å². The van der Waals surface area contributed by atoms with Crippen LogP contribution in [0.2, 0.25) is 0 Å². The molecule has 1 heterocycles. The topological polar surface area (TPSA) is 41.9 Å². The molecule has 2 aliphatic rings. The van der Waals surface area contributed by atoms with Crippen molar-refractivity contribution in [3.63, 3.8) is 0 Å². The number of methoxy groups -OCH3 is 1. The number of hydrogen-bond donors (Lipinski definition) is 1. The lowest BCUT2D eigenvalue weighted by Gasteiger charge is -2.28. The summed E-state index contributed by atoms with van der Waals surface area (Å²) < 4.78 is 10.8. The number of aliphatic hydroxyl groups excluding tert-OH is 1. The van der Waals surface area contributed by atoms with Crippen LogP contribution in [-0.4, -0.2) is 49.0 Å². The minimum Gasteiger partial charge on any atom is -0.497 e. The van der Waals surface area contributed by atoms with Crippen LogP contribution in [0.1, 0.15) is 24.8 Å². The zero-order valence-corrected chi connectivity index (χ0v) is 12.7. The standard InChI is InChI=1S/C17H25NO3/c1-20-17-6-3-13(4-7-17)11-21-12-16(19)10-18-9-14-2-5-15(18)8-14/h3-4,6-7,14-16,19H,2,5,8-12H2,1H3. The molecule has 1 aromatic carbocycles. The number of hydrogen-bond acceptors (Lipinski definition) is 4. The van der Waals surface area contributed by atoms with Gasteiger partial charge in [0.05, 0.1) is 26.4 Å². The van der Waals surface area contributed by atoms with Crippen LogP contribution in [0.3, 0.4) is 0 Å². The molecule has 0 spiro atoms.